The molecule has 5 heteroatoms. The van der Waals surface area contributed by atoms with Gasteiger partial charge in [0.05, 0.1) is 5.60 Å². The van der Waals surface area contributed by atoms with Gasteiger partial charge in [-0.2, -0.15) is 0 Å². The number of aliphatic hydroxyl groups is 1. The van der Waals surface area contributed by atoms with Crippen molar-refractivity contribution in [1.29, 1.82) is 0 Å². The average molecular weight is 349 g/mol. The molecule has 2 saturated carbocycles. The van der Waals surface area contributed by atoms with Gasteiger partial charge in [-0.15, -0.1) is 0 Å². The van der Waals surface area contributed by atoms with E-state index in [1.165, 1.54) is 6.07 Å². The summed E-state index contributed by atoms with van der Waals surface area (Å²) in [5.74, 6) is 0.736. The Labute approximate surface area is 147 Å². The Morgan fingerprint density at radius 3 is 2.56 bits per heavy atom. The van der Waals surface area contributed by atoms with E-state index < -0.39 is 12.0 Å². The number of benzene rings is 1. The largest absolute Gasteiger partial charge is 0.390 e. The molecule has 1 spiro atoms. The van der Waals surface area contributed by atoms with Crippen LogP contribution in [0.4, 0.5) is 8.78 Å². The van der Waals surface area contributed by atoms with Crippen LogP contribution >= 0.6 is 0 Å². The van der Waals surface area contributed by atoms with Crippen LogP contribution < -0.4 is 0 Å². The Hall–Kier alpha value is -1.49. The van der Waals surface area contributed by atoms with Crippen molar-refractivity contribution in [3.8, 4) is 0 Å². The van der Waals surface area contributed by atoms with E-state index in [1.807, 2.05) is 11.0 Å². The van der Waals surface area contributed by atoms with E-state index in [2.05, 4.69) is 0 Å². The maximum atomic E-state index is 12.8. The van der Waals surface area contributed by atoms with Crippen LogP contribution in [-0.4, -0.2) is 34.6 Å². The molecule has 0 unspecified atom stereocenters. The summed E-state index contributed by atoms with van der Waals surface area (Å²) >= 11 is 0. The summed E-state index contributed by atoms with van der Waals surface area (Å²) in [6.45, 7) is 3.45. The minimum atomic E-state index is -2.41. The number of hydrogen-bond acceptors (Lipinski definition) is 2. The molecule has 0 bridgehead atoms. The van der Waals surface area contributed by atoms with E-state index in [0.29, 0.717) is 18.8 Å². The zero-order chi connectivity index (χ0) is 17.8. The summed E-state index contributed by atoms with van der Waals surface area (Å²) in [5, 5.41) is 9.78. The maximum Gasteiger partial charge on any atom is 0.263 e. The highest BCUT2D eigenvalue weighted by atomic mass is 19.3. The monoisotopic (exact) mass is 349 g/mol. The number of halogens is 2. The fraction of sp³-hybridized carbons (Fsp3) is 0.650. The first-order chi connectivity index (χ1) is 11.8. The number of alkyl halides is 2. The Morgan fingerprint density at radius 2 is 1.96 bits per heavy atom. The van der Waals surface area contributed by atoms with Gasteiger partial charge in [0, 0.05) is 30.0 Å². The van der Waals surface area contributed by atoms with Crippen LogP contribution in [0, 0.1) is 17.3 Å². The van der Waals surface area contributed by atoms with Gasteiger partial charge < -0.3 is 10.0 Å². The number of amides is 1. The molecule has 0 aromatic heterocycles. The third kappa shape index (κ3) is 3.19. The molecule has 1 heterocycles. The minimum Gasteiger partial charge on any atom is -0.390 e. The Bertz CT molecular complexity index is 666. The quantitative estimate of drug-likeness (QED) is 0.903. The second-order valence-corrected chi connectivity index (χ2v) is 8.82. The van der Waals surface area contributed by atoms with Crippen LogP contribution in [0.1, 0.15) is 50.2 Å². The molecule has 1 N–H and O–H groups in total. The van der Waals surface area contributed by atoms with Crippen LogP contribution in [0.3, 0.4) is 0 Å². The van der Waals surface area contributed by atoms with Crippen molar-refractivity contribution >= 4 is 5.91 Å². The second-order valence-electron chi connectivity index (χ2n) is 8.82. The molecule has 1 saturated heterocycles. The van der Waals surface area contributed by atoms with Crippen molar-refractivity contribution in [2.24, 2.45) is 17.3 Å². The Balaban J connectivity index is 1.24. The predicted molar refractivity (Wildman–Crippen MR) is 90.2 cm³/mol. The Kier molecular flexibility index (Phi) is 3.91. The highest BCUT2D eigenvalue weighted by molar-refractivity contribution is 5.81. The third-order valence-electron chi connectivity index (χ3n) is 6.26. The van der Waals surface area contributed by atoms with Gasteiger partial charge in [-0.1, -0.05) is 24.3 Å². The van der Waals surface area contributed by atoms with Crippen molar-refractivity contribution in [2.45, 2.75) is 51.1 Å². The van der Waals surface area contributed by atoms with Crippen molar-refractivity contribution in [3.05, 3.63) is 35.4 Å². The Morgan fingerprint density at radius 1 is 1.28 bits per heavy atom. The first-order valence-electron chi connectivity index (χ1n) is 9.14. The number of hydrogen-bond donors (Lipinski definition) is 1. The molecular weight excluding hydrogens is 324 g/mol. The number of carbonyl (C=O) groups is 1. The van der Waals surface area contributed by atoms with Gasteiger partial charge in [0.2, 0.25) is 5.91 Å². The fourth-order valence-electron chi connectivity index (χ4n) is 5.11. The standard InChI is InChI=1S/C20H25F2NO2/c1-19(25)9-16(10-19)18(24)23-11-20(12-23)7-14(8-20)5-13-3-2-4-15(6-13)17(21)22/h2-4,6,14,16-17,25H,5,7-12H2,1H3. The molecule has 3 aliphatic rings. The predicted octanol–water partition coefficient (Wildman–Crippen LogP) is 3.57. The van der Waals surface area contributed by atoms with E-state index >= 15 is 0 Å². The van der Waals surface area contributed by atoms with Gasteiger partial charge in [-0.3, -0.25) is 4.79 Å². The van der Waals surface area contributed by atoms with Gasteiger partial charge in [0.1, 0.15) is 0 Å². The molecule has 0 atom stereocenters. The van der Waals surface area contributed by atoms with Gasteiger partial charge in [0.25, 0.3) is 6.43 Å². The summed E-state index contributed by atoms with van der Waals surface area (Å²) in [5.41, 5.74) is 0.703. The lowest BCUT2D eigenvalue weighted by atomic mass is 9.56. The topological polar surface area (TPSA) is 40.5 Å². The van der Waals surface area contributed by atoms with Crippen LogP contribution in [0.2, 0.25) is 0 Å². The smallest absolute Gasteiger partial charge is 0.263 e. The third-order valence-corrected chi connectivity index (χ3v) is 6.26. The number of nitrogens with zero attached hydrogens (tertiary/aromatic N) is 1. The molecule has 3 nitrogen and oxygen atoms in total. The average Bonchev–Trinajstić information content (AvgIpc) is 2.45. The molecule has 1 aromatic rings. The normalized spacial score (nSPS) is 30.8. The molecule has 136 valence electrons. The van der Waals surface area contributed by atoms with E-state index in [0.717, 1.165) is 37.9 Å². The molecule has 1 aliphatic heterocycles. The SMILES string of the molecule is CC1(O)CC(C(=O)N2CC3(CC(Cc4cccc(C(F)F)c4)C3)C2)C1. The molecule has 25 heavy (non-hydrogen) atoms. The lowest BCUT2D eigenvalue weighted by Gasteiger charge is -2.60. The number of carbonyl (C=O) groups excluding carboxylic acids is 1. The summed E-state index contributed by atoms with van der Waals surface area (Å²) in [6, 6.07) is 6.73. The van der Waals surface area contributed by atoms with Crippen molar-refractivity contribution in [1.82, 2.24) is 4.90 Å². The zero-order valence-electron chi connectivity index (χ0n) is 14.5. The van der Waals surface area contributed by atoms with Crippen LogP contribution in [0.15, 0.2) is 24.3 Å². The molecule has 3 fully saturated rings. The van der Waals surface area contributed by atoms with Crippen LogP contribution in [0.25, 0.3) is 0 Å². The van der Waals surface area contributed by atoms with Crippen molar-refractivity contribution < 1.29 is 18.7 Å². The maximum absolute atomic E-state index is 12.8. The molecule has 1 aromatic carbocycles. The number of rotatable bonds is 4. The fourth-order valence-corrected chi connectivity index (χ4v) is 5.11. The summed E-state index contributed by atoms with van der Waals surface area (Å²) < 4.78 is 25.6. The summed E-state index contributed by atoms with van der Waals surface area (Å²) in [4.78, 5) is 14.3. The number of likely N-dealkylation sites (tertiary alicyclic amines) is 1. The zero-order valence-corrected chi connectivity index (χ0v) is 14.5. The van der Waals surface area contributed by atoms with Gasteiger partial charge in [-0.05, 0) is 50.5 Å². The lowest BCUT2D eigenvalue weighted by Crippen LogP contribution is -2.66. The van der Waals surface area contributed by atoms with Gasteiger partial charge >= 0.3 is 0 Å². The minimum absolute atomic E-state index is 0.000287. The highest BCUT2D eigenvalue weighted by Crippen LogP contribution is 2.54. The lowest BCUT2D eigenvalue weighted by molar-refractivity contribution is -0.171. The van der Waals surface area contributed by atoms with Crippen LogP contribution in [0.5, 0.6) is 0 Å². The first-order valence-corrected chi connectivity index (χ1v) is 9.14. The van der Waals surface area contributed by atoms with Gasteiger partial charge in [0.15, 0.2) is 0 Å². The van der Waals surface area contributed by atoms with Crippen LogP contribution in [-0.2, 0) is 11.2 Å². The van der Waals surface area contributed by atoms with E-state index in [9.17, 15) is 18.7 Å². The van der Waals surface area contributed by atoms with Gasteiger partial charge in [-0.25, -0.2) is 8.78 Å². The molecular formula is C20H25F2NO2. The highest BCUT2D eigenvalue weighted by Gasteiger charge is 2.55. The summed E-state index contributed by atoms with van der Waals surface area (Å²) in [6.07, 6.45) is 1.76. The molecule has 1 amide bonds. The molecule has 2 aliphatic carbocycles. The molecule has 0 radical (unpaired) electrons. The summed E-state index contributed by atoms with van der Waals surface area (Å²) in [7, 11) is 0. The van der Waals surface area contributed by atoms with E-state index in [1.54, 1.807) is 19.1 Å². The van der Waals surface area contributed by atoms with Crippen molar-refractivity contribution in [2.75, 3.05) is 13.1 Å². The van der Waals surface area contributed by atoms with E-state index in [-0.39, 0.29) is 22.8 Å². The second kappa shape index (κ2) is 5.76. The first kappa shape index (κ1) is 17.0. The van der Waals surface area contributed by atoms with E-state index in [4.69, 9.17) is 0 Å². The van der Waals surface area contributed by atoms with Crippen molar-refractivity contribution in [3.63, 3.8) is 0 Å². The molecule has 4 rings (SSSR count).